The third-order valence-electron chi connectivity index (χ3n) is 3.33. The molecule has 22 heavy (non-hydrogen) atoms. The van der Waals surface area contributed by atoms with E-state index in [9.17, 15) is 4.79 Å². The second kappa shape index (κ2) is 7.61. The fourth-order valence-electron chi connectivity index (χ4n) is 2.45. The second-order valence-electron chi connectivity index (χ2n) is 4.95. The summed E-state index contributed by atoms with van der Waals surface area (Å²) >= 11 is 11.3. The third kappa shape index (κ3) is 3.78. The minimum Gasteiger partial charge on any atom is -0.463 e. The summed E-state index contributed by atoms with van der Waals surface area (Å²) in [6.45, 7) is 4.17. The van der Waals surface area contributed by atoms with Crippen molar-refractivity contribution < 1.29 is 9.53 Å². The molecule has 0 amide bonds. The van der Waals surface area contributed by atoms with Crippen LogP contribution in [0.2, 0.25) is 5.02 Å². The lowest BCUT2D eigenvalue weighted by Gasteiger charge is -2.31. The number of carbonyl (C=O) groups is 1. The van der Waals surface area contributed by atoms with Crippen LogP contribution in [-0.4, -0.2) is 17.7 Å². The van der Waals surface area contributed by atoms with Crippen LogP contribution in [0.15, 0.2) is 35.5 Å². The topological polar surface area (TPSA) is 50.4 Å². The second-order valence-corrected chi connectivity index (χ2v) is 5.79. The molecule has 1 aliphatic rings. The lowest BCUT2D eigenvalue weighted by molar-refractivity contribution is -0.139. The summed E-state index contributed by atoms with van der Waals surface area (Å²) in [5.41, 5.74) is 2.27. The van der Waals surface area contributed by atoms with Crippen molar-refractivity contribution in [3.05, 3.63) is 46.1 Å². The van der Waals surface area contributed by atoms with Crippen molar-refractivity contribution in [3.8, 4) is 0 Å². The van der Waals surface area contributed by atoms with E-state index in [1.54, 1.807) is 13.0 Å². The van der Waals surface area contributed by atoms with Crippen LogP contribution in [0.4, 0.5) is 0 Å². The molecule has 6 heteroatoms. The number of thiocarbonyl (C=S) groups is 1. The normalized spacial score (nSPS) is 17.8. The van der Waals surface area contributed by atoms with Gasteiger partial charge in [0.2, 0.25) is 0 Å². The van der Waals surface area contributed by atoms with E-state index >= 15 is 0 Å². The van der Waals surface area contributed by atoms with E-state index < -0.39 is 0 Å². The molecule has 0 bridgehead atoms. The van der Waals surface area contributed by atoms with E-state index in [1.165, 1.54) is 0 Å². The minimum absolute atomic E-state index is 0.328. The van der Waals surface area contributed by atoms with Gasteiger partial charge < -0.3 is 15.4 Å². The van der Waals surface area contributed by atoms with E-state index in [-0.39, 0.29) is 12.0 Å². The first-order valence-electron chi connectivity index (χ1n) is 7.30. The van der Waals surface area contributed by atoms with Gasteiger partial charge in [-0.1, -0.05) is 37.1 Å². The van der Waals surface area contributed by atoms with Crippen LogP contribution < -0.4 is 10.6 Å². The Bertz CT molecular complexity index is 616. The van der Waals surface area contributed by atoms with Gasteiger partial charge in [0.25, 0.3) is 0 Å². The van der Waals surface area contributed by atoms with Gasteiger partial charge in [-0.05, 0) is 43.3 Å². The molecular formula is C16H19ClN2O2S. The van der Waals surface area contributed by atoms with Gasteiger partial charge in [-0.2, -0.15) is 0 Å². The maximum Gasteiger partial charge on any atom is 0.338 e. The lowest BCUT2D eigenvalue weighted by Crippen LogP contribution is -2.45. The first-order valence-corrected chi connectivity index (χ1v) is 8.08. The Labute approximate surface area is 140 Å². The molecule has 2 rings (SSSR count). The van der Waals surface area contributed by atoms with E-state index in [0.717, 1.165) is 24.1 Å². The number of carbonyl (C=O) groups excluding carboxylic acids is 1. The van der Waals surface area contributed by atoms with Gasteiger partial charge in [0.1, 0.15) is 0 Å². The molecule has 118 valence electrons. The van der Waals surface area contributed by atoms with Gasteiger partial charge in [0, 0.05) is 10.7 Å². The molecule has 0 saturated carbocycles. The van der Waals surface area contributed by atoms with Crippen molar-refractivity contribution in [2.45, 2.75) is 32.7 Å². The van der Waals surface area contributed by atoms with Crippen molar-refractivity contribution in [1.29, 1.82) is 0 Å². The number of nitrogens with one attached hydrogen (secondary N) is 2. The third-order valence-corrected chi connectivity index (χ3v) is 3.79. The fraction of sp³-hybridized carbons (Fsp3) is 0.375. The van der Waals surface area contributed by atoms with Crippen LogP contribution in [0.1, 0.15) is 38.3 Å². The number of halogens is 1. The Morgan fingerprint density at radius 2 is 2.18 bits per heavy atom. The molecular weight excluding hydrogens is 320 g/mol. The van der Waals surface area contributed by atoms with Crippen LogP contribution in [0, 0.1) is 0 Å². The molecule has 0 saturated heterocycles. The van der Waals surface area contributed by atoms with E-state index in [1.807, 2.05) is 18.2 Å². The molecule has 0 radical (unpaired) electrons. The zero-order valence-electron chi connectivity index (χ0n) is 12.6. The number of esters is 1. The Balaban J connectivity index is 2.49. The first-order chi connectivity index (χ1) is 10.6. The standard InChI is InChI=1S/C16H19ClN2O2S/c1-3-6-12-13(15(20)21-4-2)14(19-16(22)18-12)10-7-5-8-11(17)9-10/h5,7-9,14H,3-4,6H2,1-2H3,(H2,18,19,22). The van der Waals surface area contributed by atoms with Gasteiger partial charge in [-0.25, -0.2) is 4.79 Å². The maximum atomic E-state index is 12.4. The molecule has 0 spiro atoms. The number of benzene rings is 1. The summed E-state index contributed by atoms with van der Waals surface area (Å²) in [6.07, 6.45) is 1.63. The monoisotopic (exact) mass is 338 g/mol. The first kappa shape index (κ1) is 16.8. The van der Waals surface area contributed by atoms with Crippen LogP contribution in [0.25, 0.3) is 0 Å². The predicted octanol–water partition coefficient (Wildman–Crippen LogP) is 3.48. The largest absolute Gasteiger partial charge is 0.463 e. The quantitative estimate of drug-likeness (QED) is 0.636. The highest BCUT2D eigenvalue weighted by atomic mass is 35.5. The van der Waals surface area contributed by atoms with E-state index in [2.05, 4.69) is 17.6 Å². The van der Waals surface area contributed by atoms with Crippen molar-refractivity contribution in [1.82, 2.24) is 10.6 Å². The molecule has 1 aliphatic heterocycles. The van der Waals surface area contributed by atoms with Gasteiger partial charge in [-0.15, -0.1) is 0 Å². The lowest BCUT2D eigenvalue weighted by atomic mass is 9.94. The van der Waals surface area contributed by atoms with Crippen molar-refractivity contribution in [2.24, 2.45) is 0 Å². The SMILES string of the molecule is CCCC1=C(C(=O)OCC)C(c2cccc(Cl)c2)NC(=S)N1. The molecule has 1 atom stereocenters. The van der Waals surface area contributed by atoms with Gasteiger partial charge in [0.05, 0.1) is 18.2 Å². The zero-order valence-corrected chi connectivity index (χ0v) is 14.2. The van der Waals surface area contributed by atoms with Crippen LogP contribution >= 0.6 is 23.8 Å². The summed E-state index contributed by atoms with van der Waals surface area (Å²) in [4.78, 5) is 12.4. The highest BCUT2D eigenvalue weighted by Gasteiger charge is 2.32. The number of hydrogen-bond donors (Lipinski definition) is 2. The Kier molecular flexibility index (Phi) is 5.80. The summed E-state index contributed by atoms with van der Waals surface area (Å²) in [6, 6.07) is 7.04. The van der Waals surface area contributed by atoms with Gasteiger partial charge in [0.15, 0.2) is 5.11 Å². The Morgan fingerprint density at radius 3 is 2.82 bits per heavy atom. The van der Waals surface area contributed by atoms with E-state index in [0.29, 0.717) is 22.3 Å². The highest BCUT2D eigenvalue weighted by molar-refractivity contribution is 7.80. The molecule has 1 aromatic carbocycles. The average molecular weight is 339 g/mol. The zero-order chi connectivity index (χ0) is 16.1. The van der Waals surface area contributed by atoms with Crippen LogP contribution in [0.5, 0.6) is 0 Å². The molecule has 4 nitrogen and oxygen atoms in total. The van der Waals surface area contributed by atoms with Crippen molar-refractivity contribution >= 4 is 34.9 Å². The Hall–Kier alpha value is -1.59. The fourth-order valence-corrected chi connectivity index (χ4v) is 2.89. The molecule has 0 aromatic heterocycles. The molecule has 1 aromatic rings. The smallest absolute Gasteiger partial charge is 0.338 e. The number of rotatable bonds is 5. The summed E-state index contributed by atoms with van der Waals surface area (Å²) < 4.78 is 5.22. The van der Waals surface area contributed by atoms with Gasteiger partial charge in [-0.3, -0.25) is 0 Å². The maximum absolute atomic E-state index is 12.4. The molecule has 2 N–H and O–H groups in total. The highest BCUT2D eigenvalue weighted by Crippen LogP contribution is 2.30. The Morgan fingerprint density at radius 1 is 1.41 bits per heavy atom. The molecule has 1 heterocycles. The predicted molar refractivity (Wildman–Crippen MR) is 91.6 cm³/mol. The molecule has 0 fully saturated rings. The number of ether oxygens (including phenoxy) is 1. The van der Waals surface area contributed by atoms with Crippen molar-refractivity contribution in [2.75, 3.05) is 6.61 Å². The average Bonchev–Trinajstić information content (AvgIpc) is 2.47. The molecule has 1 unspecified atom stereocenters. The summed E-state index contributed by atoms with van der Waals surface area (Å²) in [7, 11) is 0. The molecule has 0 aliphatic carbocycles. The minimum atomic E-state index is -0.354. The summed E-state index contributed by atoms with van der Waals surface area (Å²) in [5.74, 6) is -0.335. The van der Waals surface area contributed by atoms with Crippen LogP contribution in [0.3, 0.4) is 0 Å². The van der Waals surface area contributed by atoms with Gasteiger partial charge >= 0.3 is 5.97 Å². The number of allylic oxidation sites excluding steroid dienone is 1. The van der Waals surface area contributed by atoms with Crippen molar-refractivity contribution in [3.63, 3.8) is 0 Å². The van der Waals surface area contributed by atoms with E-state index in [4.69, 9.17) is 28.6 Å². The van der Waals surface area contributed by atoms with Crippen LogP contribution in [-0.2, 0) is 9.53 Å². The number of hydrogen-bond acceptors (Lipinski definition) is 3. The summed E-state index contributed by atoms with van der Waals surface area (Å²) in [5, 5.41) is 7.34.